The molecule has 9 heteroatoms. The second kappa shape index (κ2) is 31.8. The van der Waals surface area contributed by atoms with Crippen molar-refractivity contribution < 1.29 is 24.2 Å². The lowest BCUT2D eigenvalue weighted by Crippen LogP contribution is -2.57. The van der Waals surface area contributed by atoms with Gasteiger partial charge in [-0.2, -0.15) is 0 Å². The number of hydrogen-bond donors (Lipinski definition) is 1. The molecule has 7 nitrogen and oxygen atoms in total. The first-order chi connectivity index (χ1) is 27.6. The third-order valence-electron chi connectivity index (χ3n) is 13.7. The Kier molecular flexibility index (Phi) is 29.0. The first-order valence-corrected chi connectivity index (χ1v) is 24.7. The van der Waals surface area contributed by atoms with E-state index in [2.05, 4.69) is 37.5 Å². The van der Waals surface area contributed by atoms with Crippen molar-refractivity contribution in [1.82, 2.24) is 9.80 Å². The molecule has 57 heavy (non-hydrogen) atoms. The Hall–Kier alpha value is -1.05. The van der Waals surface area contributed by atoms with E-state index in [0.29, 0.717) is 12.8 Å². The van der Waals surface area contributed by atoms with Crippen LogP contribution in [0, 0.1) is 17.3 Å². The van der Waals surface area contributed by atoms with E-state index in [1.807, 2.05) is 0 Å². The van der Waals surface area contributed by atoms with Crippen molar-refractivity contribution in [2.75, 3.05) is 46.0 Å². The molecule has 0 aromatic heterocycles. The van der Waals surface area contributed by atoms with Gasteiger partial charge >= 0.3 is 11.9 Å². The molecule has 2 rings (SSSR count). The predicted molar refractivity (Wildman–Crippen MR) is 241 cm³/mol. The normalized spacial score (nSPS) is 16.6. The highest BCUT2D eigenvalue weighted by molar-refractivity contribution is 6.39. The van der Waals surface area contributed by atoms with Crippen LogP contribution in [0.3, 0.4) is 0 Å². The second-order valence-corrected chi connectivity index (χ2v) is 18.5. The zero-order valence-electron chi connectivity index (χ0n) is 38.0. The standard InChI is InChI=1S/C48H90B2N2O5/c1-5-9-13-17-21-26-42(27-22-18-14-10-6-2)45(54)56-40-44(41-57-46(55)43(28-23-19-15-11-7-3)29-24-20-16-12-8-4)51-35-31-47(32-36-51)33-37-52(38-34-47)48(49,50)30-25-39-53/h42-44,53H,5-41H2,1-4H3. The summed E-state index contributed by atoms with van der Waals surface area (Å²) in [5.41, 5.74) is 0.249. The van der Waals surface area contributed by atoms with Gasteiger partial charge in [-0.1, -0.05) is 161 Å². The summed E-state index contributed by atoms with van der Waals surface area (Å²) in [7, 11) is 13.0. The molecule has 0 bridgehead atoms. The molecule has 2 aliphatic rings. The molecule has 0 aromatic rings. The van der Waals surface area contributed by atoms with Gasteiger partial charge in [0.15, 0.2) is 0 Å². The van der Waals surface area contributed by atoms with Gasteiger partial charge in [0.05, 0.1) is 33.6 Å². The molecule has 1 N–H and O–H groups in total. The minimum atomic E-state index is -0.879. The highest BCUT2D eigenvalue weighted by atomic mass is 16.5. The summed E-state index contributed by atoms with van der Waals surface area (Å²) in [4.78, 5) is 32.3. The van der Waals surface area contributed by atoms with Crippen LogP contribution in [0.4, 0.5) is 0 Å². The summed E-state index contributed by atoms with van der Waals surface area (Å²) in [6.45, 7) is 13.2. The Balaban J connectivity index is 2.12. The Morgan fingerprint density at radius 3 is 1.26 bits per heavy atom. The number of aliphatic hydroxyl groups is 1. The first-order valence-electron chi connectivity index (χ1n) is 24.7. The molecule has 2 aliphatic heterocycles. The van der Waals surface area contributed by atoms with Gasteiger partial charge in [0.1, 0.15) is 13.2 Å². The summed E-state index contributed by atoms with van der Waals surface area (Å²) in [6.07, 6.45) is 32.9. The van der Waals surface area contributed by atoms with Gasteiger partial charge in [-0.25, -0.2) is 0 Å². The number of rotatable bonds is 35. The zero-order valence-corrected chi connectivity index (χ0v) is 38.0. The third kappa shape index (κ3) is 21.9. The molecule has 4 radical (unpaired) electrons. The fourth-order valence-electron chi connectivity index (χ4n) is 9.37. The molecule has 0 unspecified atom stereocenters. The van der Waals surface area contributed by atoms with Gasteiger partial charge < -0.3 is 19.5 Å². The average Bonchev–Trinajstić information content (AvgIpc) is 3.21. The molecule has 0 aliphatic carbocycles. The maximum Gasteiger partial charge on any atom is 0.308 e. The lowest BCUT2D eigenvalue weighted by molar-refractivity contribution is -0.156. The number of nitrogens with zero attached hydrogens (tertiary/aromatic N) is 2. The van der Waals surface area contributed by atoms with Crippen LogP contribution in [0.25, 0.3) is 0 Å². The van der Waals surface area contributed by atoms with E-state index in [-0.39, 0.29) is 55.1 Å². The van der Waals surface area contributed by atoms with Crippen molar-refractivity contribution in [3.63, 3.8) is 0 Å². The monoisotopic (exact) mass is 797 g/mol. The van der Waals surface area contributed by atoms with Crippen molar-refractivity contribution in [1.29, 1.82) is 0 Å². The van der Waals surface area contributed by atoms with Crippen molar-refractivity contribution in [3.05, 3.63) is 0 Å². The summed E-state index contributed by atoms with van der Waals surface area (Å²) in [6, 6.07) is -0.140. The molecule has 0 amide bonds. The molecule has 328 valence electrons. The first kappa shape index (κ1) is 52.1. The minimum Gasteiger partial charge on any atom is -0.464 e. The fourth-order valence-corrected chi connectivity index (χ4v) is 9.37. The second-order valence-electron chi connectivity index (χ2n) is 18.5. The van der Waals surface area contributed by atoms with E-state index in [0.717, 1.165) is 103 Å². The van der Waals surface area contributed by atoms with Crippen molar-refractivity contribution in [2.45, 2.75) is 232 Å². The molecule has 0 saturated carbocycles. The molecule has 2 fully saturated rings. The van der Waals surface area contributed by atoms with Crippen molar-refractivity contribution >= 4 is 27.6 Å². The van der Waals surface area contributed by atoms with Crippen molar-refractivity contribution in [2.24, 2.45) is 17.3 Å². The maximum absolute atomic E-state index is 13.8. The van der Waals surface area contributed by atoms with E-state index >= 15 is 0 Å². The summed E-state index contributed by atoms with van der Waals surface area (Å²) >= 11 is 0. The Morgan fingerprint density at radius 1 is 0.561 bits per heavy atom. The van der Waals surface area contributed by atoms with Crippen LogP contribution in [-0.4, -0.2) is 99.9 Å². The Labute approximate surface area is 355 Å². The number of unbranched alkanes of at least 4 members (excludes halogenated alkanes) is 16. The molecule has 2 heterocycles. The number of likely N-dealkylation sites (tertiary alicyclic amines) is 2. The largest absolute Gasteiger partial charge is 0.464 e. The number of hydrogen-bond acceptors (Lipinski definition) is 7. The Morgan fingerprint density at radius 2 is 0.912 bits per heavy atom. The topological polar surface area (TPSA) is 79.3 Å². The molecule has 0 atom stereocenters. The van der Waals surface area contributed by atoms with Gasteiger partial charge in [-0.15, -0.1) is 0 Å². The summed E-state index contributed by atoms with van der Waals surface area (Å²) in [5, 5.41) is 8.46. The number of esters is 2. The number of ether oxygens (including phenoxy) is 2. The van der Waals surface area contributed by atoms with Crippen LogP contribution in [0.5, 0.6) is 0 Å². The SMILES string of the molecule is [B]C([B])(CCCO)N1CCC2(CCN(C(COC(=O)C(CCCCCCC)CCCCCCC)COC(=O)C(CCCCCCC)CCCCCCC)CC2)CC1. The fraction of sp³-hybridized carbons (Fsp3) is 0.958. The highest BCUT2D eigenvalue weighted by Gasteiger charge is 2.41. The van der Waals surface area contributed by atoms with E-state index in [9.17, 15) is 14.7 Å². The minimum absolute atomic E-state index is 0.0503. The number of piperidine rings is 2. The van der Waals surface area contributed by atoms with Gasteiger partial charge in [-0.3, -0.25) is 14.5 Å². The summed E-state index contributed by atoms with van der Waals surface area (Å²) in [5.74, 6) is -0.205. The van der Waals surface area contributed by atoms with E-state index in [1.54, 1.807) is 0 Å². The molecule has 1 spiro atoms. The zero-order chi connectivity index (χ0) is 41.6. The smallest absolute Gasteiger partial charge is 0.308 e. The van der Waals surface area contributed by atoms with Gasteiger partial charge in [0.2, 0.25) is 0 Å². The van der Waals surface area contributed by atoms with Crippen LogP contribution in [0.15, 0.2) is 0 Å². The lowest BCUT2D eigenvalue weighted by Gasteiger charge is -2.52. The molecule has 2 saturated heterocycles. The van der Waals surface area contributed by atoms with Gasteiger partial charge in [0.25, 0.3) is 0 Å². The molecule has 0 aromatic carbocycles. The predicted octanol–water partition coefficient (Wildman–Crippen LogP) is 11.1. The van der Waals surface area contributed by atoms with Gasteiger partial charge in [0, 0.05) is 6.61 Å². The molecular weight excluding hydrogens is 706 g/mol. The van der Waals surface area contributed by atoms with Crippen LogP contribution < -0.4 is 0 Å². The van der Waals surface area contributed by atoms with E-state index in [1.165, 1.54) is 103 Å². The number of carbonyl (C=O) groups is 2. The van der Waals surface area contributed by atoms with Crippen LogP contribution in [0.2, 0.25) is 0 Å². The number of aliphatic hydroxyl groups excluding tert-OH is 1. The van der Waals surface area contributed by atoms with Crippen LogP contribution >= 0.6 is 0 Å². The quantitative estimate of drug-likeness (QED) is 0.0389. The van der Waals surface area contributed by atoms with Crippen LogP contribution in [0.1, 0.15) is 220 Å². The maximum atomic E-state index is 13.8. The van der Waals surface area contributed by atoms with E-state index in [4.69, 9.17) is 25.2 Å². The third-order valence-corrected chi connectivity index (χ3v) is 13.7. The molecular formula is C48H90B2N2O5. The lowest BCUT2D eigenvalue weighted by atomic mass is 9.57. The van der Waals surface area contributed by atoms with Gasteiger partial charge in [-0.05, 0) is 95.8 Å². The Bertz CT molecular complexity index is 921. The van der Waals surface area contributed by atoms with E-state index < -0.39 is 5.34 Å². The highest BCUT2D eigenvalue weighted by Crippen LogP contribution is 2.43. The number of carbonyl (C=O) groups excluding carboxylic acids is 2. The van der Waals surface area contributed by atoms with Crippen molar-refractivity contribution in [3.8, 4) is 0 Å². The summed E-state index contributed by atoms with van der Waals surface area (Å²) < 4.78 is 12.5. The average molecular weight is 797 g/mol. The van der Waals surface area contributed by atoms with Crippen LogP contribution in [-0.2, 0) is 19.1 Å².